The van der Waals surface area contributed by atoms with Crippen molar-refractivity contribution in [2.45, 2.75) is 26.8 Å². The number of piperazine rings is 1. The number of carbonyl (C=O) groups is 1. The molecule has 0 saturated carbocycles. The average Bonchev–Trinajstić information content (AvgIpc) is 2.27. The summed E-state index contributed by atoms with van der Waals surface area (Å²) in [6, 6.07) is 2.29. The van der Waals surface area contributed by atoms with Crippen molar-refractivity contribution in [3.8, 4) is 0 Å². The van der Waals surface area contributed by atoms with Crippen molar-refractivity contribution in [2.24, 2.45) is 5.73 Å². The molecule has 5 heteroatoms. The molecule has 98 valence electrons. The number of carbonyl (C=O) groups excluding carboxylic acids is 1. The molecule has 3 N–H and O–H groups in total. The number of pyridine rings is 1. The summed E-state index contributed by atoms with van der Waals surface area (Å²) in [5, 5.41) is 3.37. The first kappa shape index (κ1) is 12.8. The molecule has 0 aromatic carbocycles. The number of hydrogen-bond acceptors (Lipinski definition) is 4. The second-order valence-electron chi connectivity index (χ2n) is 4.94. The van der Waals surface area contributed by atoms with Gasteiger partial charge < -0.3 is 16.0 Å². The summed E-state index contributed by atoms with van der Waals surface area (Å²) in [7, 11) is 0. The van der Waals surface area contributed by atoms with Crippen molar-refractivity contribution >= 4 is 11.7 Å². The van der Waals surface area contributed by atoms with Crippen LogP contribution in [0, 0.1) is 13.8 Å². The van der Waals surface area contributed by atoms with Gasteiger partial charge in [0.2, 0.25) is 0 Å². The van der Waals surface area contributed by atoms with Gasteiger partial charge in [-0.25, -0.2) is 4.98 Å². The molecule has 5 nitrogen and oxygen atoms in total. The minimum Gasteiger partial charge on any atom is -0.365 e. The summed E-state index contributed by atoms with van der Waals surface area (Å²) < 4.78 is 0. The Labute approximate surface area is 107 Å². The first-order valence-corrected chi connectivity index (χ1v) is 6.25. The highest BCUT2D eigenvalue weighted by molar-refractivity contribution is 5.99. The molecule has 1 amide bonds. The third-order valence-electron chi connectivity index (χ3n) is 3.24. The van der Waals surface area contributed by atoms with Crippen LogP contribution in [0.25, 0.3) is 0 Å². The number of hydrogen-bond donors (Lipinski definition) is 2. The molecule has 18 heavy (non-hydrogen) atoms. The van der Waals surface area contributed by atoms with E-state index in [0.717, 1.165) is 36.7 Å². The van der Waals surface area contributed by atoms with Gasteiger partial charge >= 0.3 is 0 Å². The number of aryl methyl sites for hydroxylation is 2. The Kier molecular flexibility index (Phi) is 3.52. The van der Waals surface area contributed by atoms with E-state index >= 15 is 0 Å². The lowest BCUT2D eigenvalue weighted by molar-refractivity contribution is 0.0999. The van der Waals surface area contributed by atoms with E-state index in [4.69, 9.17) is 5.73 Å². The lowest BCUT2D eigenvalue weighted by Gasteiger charge is -2.34. The molecular weight excluding hydrogens is 228 g/mol. The minimum atomic E-state index is -0.402. The maximum atomic E-state index is 11.6. The number of nitrogens with two attached hydrogens (primary N) is 1. The standard InChI is InChI=1S/C13H20N4O/c1-8-6-9(2)16-13(11(8)12(14)18)17-5-4-15-10(3)7-17/h6,10,15H,4-5,7H2,1-3H3,(H2,14,18). The van der Waals surface area contributed by atoms with Crippen molar-refractivity contribution in [1.82, 2.24) is 10.3 Å². The summed E-state index contributed by atoms with van der Waals surface area (Å²) in [4.78, 5) is 18.3. The third-order valence-corrected chi connectivity index (χ3v) is 3.24. The molecule has 0 bridgehead atoms. The molecular formula is C13H20N4O. The van der Waals surface area contributed by atoms with Gasteiger partial charge in [0.25, 0.3) is 5.91 Å². The smallest absolute Gasteiger partial charge is 0.252 e. The maximum Gasteiger partial charge on any atom is 0.252 e. The Morgan fingerprint density at radius 3 is 2.89 bits per heavy atom. The highest BCUT2D eigenvalue weighted by Crippen LogP contribution is 2.23. The molecule has 1 aliphatic rings. The fourth-order valence-corrected chi connectivity index (χ4v) is 2.48. The molecule has 1 saturated heterocycles. The van der Waals surface area contributed by atoms with Crippen LogP contribution in [0.15, 0.2) is 6.07 Å². The van der Waals surface area contributed by atoms with Crippen molar-refractivity contribution in [3.63, 3.8) is 0 Å². The molecule has 1 aliphatic heterocycles. The monoisotopic (exact) mass is 248 g/mol. The first-order chi connectivity index (χ1) is 8.49. The maximum absolute atomic E-state index is 11.6. The predicted octanol–water partition coefficient (Wildman–Crippen LogP) is 0.595. The van der Waals surface area contributed by atoms with Gasteiger partial charge in [0.1, 0.15) is 5.82 Å². The number of aromatic nitrogens is 1. The van der Waals surface area contributed by atoms with Crippen molar-refractivity contribution in [3.05, 3.63) is 22.9 Å². The molecule has 1 fully saturated rings. The van der Waals surface area contributed by atoms with Crippen LogP contribution in [0.4, 0.5) is 5.82 Å². The van der Waals surface area contributed by atoms with Crippen LogP contribution < -0.4 is 16.0 Å². The summed E-state index contributed by atoms with van der Waals surface area (Å²) in [5.41, 5.74) is 7.85. The zero-order valence-electron chi connectivity index (χ0n) is 11.2. The molecule has 0 radical (unpaired) electrons. The number of rotatable bonds is 2. The summed E-state index contributed by atoms with van der Waals surface area (Å²) in [6.07, 6.45) is 0. The molecule has 0 spiro atoms. The van der Waals surface area contributed by atoms with Gasteiger partial charge in [-0.2, -0.15) is 0 Å². The van der Waals surface area contributed by atoms with Gasteiger partial charge in [0, 0.05) is 31.4 Å². The van der Waals surface area contributed by atoms with Gasteiger partial charge in [0.15, 0.2) is 0 Å². The molecule has 2 rings (SSSR count). The number of anilines is 1. The van der Waals surface area contributed by atoms with Crippen molar-refractivity contribution < 1.29 is 4.79 Å². The van der Waals surface area contributed by atoms with Crippen LogP contribution in [0.1, 0.15) is 28.5 Å². The van der Waals surface area contributed by atoms with Crippen LogP contribution >= 0.6 is 0 Å². The Morgan fingerprint density at radius 1 is 1.56 bits per heavy atom. The lowest BCUT2D eigenvalue weighted by Crippen LogP contribution is -2.50. The quantitative estimate of drug-likeness (QED) is 0.804. The minimum absolute atomic E-state index is 0.391. The van der Waals surface area contributed by atoms with E-state index < -0.39 is 5.91 Å². The highest BCUT2D eigenvalue weighted by Gasteiger charge is 2.23. The zero-order chi connectivity index (χ0) is 13.3. The zero-order valence-corrected chi connectivity index (χ0v) is 11.2. The van der Waals surface area contributed by atoms with Gasteiger partial charge in [-0.1, -0.05) is 0 Å². The molecule has 0 aliphatic carbocycles. The second kappa shape index (κ2) is 4.94. The molecule has 1 atom stereocenters. The van der Waals surface area contributed by atoms with Gasteiger partial charge in [-0.15, -0.1) is 0 Å². The fourth-order valence-electron chi connectivity index (χ4n) is 2.48. The average molecular weight is 248 g/mol. The van der Waals surface area contributed by atoms with E-state index in [2.05, 4.69) is 22.1 Å². The number of primary amides is 1. The van der Waals surface area contributed by atoms with Crippen LogP contribution in [-0.4, -0.2) is 36.6 Å². The fraction of sp³-hybridized carbons (Fsp3) is 0.538. The normalized spacial score (nSPS) is 19.9. The third kappa shape index (κ3) is 2.46. The van der Waals surface area contributed by atoms with Crippen molar-refractivity contribution in [2.75, 3.05) is 24.5 Å². The summed E-state index contributed by atoms with van der Waals surface area (Å²) in [5.74, 6) is 0.328. The highest BCUT2D eigenvalue weighted by atomic mass is 16.1. The SMILES string of the molecule is Cc1cc(C)c(C(N)=O)c(N2CCNC(C)C2)n1. The van der Waals surface area contributed by atoms with E-state index in [-0.39, 0.29) is 0 Å². The van der Waals surface area contributed by atoms with E-state index in [9.17, 15) is 4.79 Å². The summed E-state index contributed by atoms with van der Waals surface area (Å²) >= 11 is 0. The van der Waals surface area contributed by atoms with Crippen molar-refractivity contribution in [1.29, 1.82) is 0 Å². The predicted molar refractivity (Wildman–Crippen MR) is 71.9 cm³/mol. The first-order valence-electron chi connectivity index (χ1n) is 6.25. The van der Waals surface area contributed by atoms with Gasteiger partial charge in [-0.05, 0) is 32.4 Å². The van der Waals surface area contributed by atoms with E-state index in [1.807, 2.05) is 19.9 Å². The van der Waals surface area contributed by atoms with Crippen LogP contribution in [0.5, 0.6) is 0 Å². The summed E-state index contributed by atoms with van der Waals surface area (Å²) in [6.45, 7) is 8.56. The van der Waals surface area contributed by atoms with Gasteiger partial charge in [0.05, 0.1) is 5.56 Å². The largest absolute Gasteiger partial charge is 0.365 e. The number of nitrogens with one attached hydrogen (secondary N) is 1. The molecule has 2 heterocycles. The van der Waals surface area contributed by atoms with E-state index in [1.165, 1.54) is 0 Å². The lowest BCUT2D eigenvalue weighted by atomic mass is 10.1. The Balaban J connectivity index is 2.44. The number of amides is 1. The Bertz CT molecular complexity index is 472. The Hall–Kier alpha value is -1.62. The molecule has 1 aromatic rings. The molecule has 1 unspecified atom stereocenters. The van der Waals surface area contributed by atoms with Gasteiger partial charge in [-0.3, -0.25) is 4.79 Å². The number of nitrogens with zero attached hydrogens (tertiary/aromatic N) is 2. The van der Waals surface area contributed by atoms with E-state index in [1.54, 1.807) is 0 Å². The van der Waals surface area contributed by atoms with Crippen LogP contribution in [0.3, 0.4) is 0 Å². The van der Waals surface area contributed by atoms with Crippen LogP contribution in [-0.2, 0) is 0 Å². The van der Waals surface area contributed by atoms with Crippen LogP contribution in [0.2, 0.25) is 0 Å². The second-order valence-corrected chi connectivity index (χ2v) is 4.94. The topological polar surface area (TPSA) is 71.2 Å². The van der Waals surface area contributed by atoms with E-state index in [0.29, 0.717) is 11.6 Å². The molecule has 1 aromatic heterocycles. The Morgan fingerprint density at radius 2 is 2.28 bits per heavy atom.